The monoisotopic (exact) mass is 178 g/mol. The van der Waals surface area contributed by atoms with Crippen LogP contribution in [-0.2, 0) is 0 Å². The molecule has 0 atom stereocenters. The number of allylic oxidation sites excluding steroid dienone is 4. The lowest BCUT2D eigenvalue weighted by Crippen LogP contribution is -1.84. The summed E-state index contributed by atoms with van der Waals surface area (Å²) in [4.78, 5) is 4.11. The first-order chi connectivity index (χ1) is 5.77. The minimum Gasteiger partial charge on any atom is -0.375 e. The van der Waals surface area contributed by atoms with E-state index in [1.54, 1.807) is 12.2 Å². The Morgan fingerprint density at radius 1 is 1.58 bits per heavy atom. The quantitative estimate of drug-likeness (QED) is 0.722. The number of thiazole rings is 1. The third-order valence-corrected chi connectivity index (χ3v) is 2.01. The summed E-state index contributed by atoms with van der Waals surface area (Å²) in [5.41, 5.74) is 7.28. The molecule has 0 aliphatic rings. The van der Waals surface area contributed by atoms with Crippen LogP contribution in [0.5, 0.6) is 0 Å². The highest BCUT2D eigenvalue weighted by atomic mass is 32.1. The molecule has 0 spiro atoms. The smallest absolute Gasteiger partial charge is 0.180 e. The highest BCUT2D eigenvalue weighted by molar-refractivity contribution is 7.13. The lowest BCUT2D eigenvalue weighted by atomic mass is 10.2. The van der Waals surface area contributed by atoms with Crippen LogP contribution < -0.4 is 5.73 Å². The average Bonchev–Trinajstić information content (AvgIpc) is 2.47. The van der Waals surface area contributed by atoms with Crippen molar-refractivity contribution in [2.75, 3.05) is 5.73 Å². The van der Waals surface area contributed by atoms with Gasteiger partial charge < -0.3 is 5.73 Å². The summed E-state index contributed by atoms with van der Waals surface area (Å²) in [5.74, 6) is 0. The summed E-state index contributed by atoms with van der Waals surface area (Å²) in [6.07, 6.45) is 5.28. The summed E-state index contributed by atoms with van der Waals surface area (Å²) in [6, 6.07) is 0. The van der Waals surface area contributed by atoms with Crippen LogP contribution in [-0.4, -0.2) is 4.98 Å². The summed E-state index contributed by atoms with van der Waals surface area (Å²) in [6.45, 7) is 7.27. The van der Waals surface area contributed by atoms with E-state index >= 15 is 0 Å². The van der Waals surface area contributed by atoms with Crippen molar-refractivity contribution in [2.45, 2.75) is 0 Å². The fraction of sp³-hybridized carbons (Fsp3) is 0. The highest BCUT2D eigenvalue weighted by Gasteiger charge is 2.00. The molecule has 0 aliphatic heterocycles. The van der Waals surface area contributed by atoms with Crippen molar-refractivity contribution in [1.82, 2.24) is 4.98 Å². The SMILES string of the molecule is C=C/C=C(\C=C)c1csc(N)n1. The Balaban J connectivity index is 3.02. The number of hydrogen-bond donors (Lipinski definition) is 1. The molecule has 0 aromatic carbocycles. The molecule has 2 nitrogen and oxygen atoms in total. The molecular formula is C9H10N2S. The molecule has 0 fully saturated rings. The molecule has 0 amide bonds. The molecule has 3 heteroatoms. The minimum absolute atomic E-state index is 0.571. The predicted octanol–water partition coefficient (Wildman–Crippen LogP) is 2.48. The number of nitrogens with zero attached hydrogens (tertiary/aromatic N) is 1. The molecule has 0 saturated heterocycles. The van der Waals surface area contributed by atoms with Crippen molar-refractivity contribution in [3.8, 4) is 0 Å². The summed E-state index contributed by atoms with van der Waals surface area (Å²) in [7, 11) is 0. The number of hydrogen-bond acceptors (Lipinski definition) is 3. The van der Waals surface area contributed by atoms with Gasteiger partial charge in [0.2, 0.25) is 0 Å². The highest BCUT2D eigenvalue weighted by Crippen LogP contribution is 2.19. The molecule has 12 heavy (non-hydrogen) atoms. The van der Waals surface area contributed by atoms with Gasteiger partial charge in [0.25, 0.3) is 0 Å². The van der Waals surface area contributed by atoms with Crippen LogP contribution in [0.15, 0.2) is 36.8 Å². The molecule has 0 aliphatic carbocycles. The zero-order chi connectivity index (χ0) is 8.97. The number of aromatic nitrogens is 1. The van der Waals surface area contributed by atoms with Gasteiger partial charge in [0, 0.05) is 11.0 Å². The molecule has 1 rings (SSSR count). The number of anilines is 1. The van der Waals surface area contributed by atoms with Gasteiger partial charge in [0.05, 0.1) is 5.69 Å². The summed E-state index contributed by atoms with van der Waals surface area (Å²) in [5, 5.41) is 2.47. The molecule has 1 heterocycles. The molecular weight excluding hydrogens is 168 g/mol. The van der Waals surface area contributed by atoms with Crippen molar-refractivity contribution >= 4 is 22.0 Å². The zero-order valence-electron chi connectivity index (χ0n) is 6.66. The Morgan fingerprint density at radius 2 is 2.33 bits per heavy atom. The van der Waals surface area contributed by atoms with E-state index in [2.05, 4.69) is 18.1 Å². The second-order valence-corrected chi connectivity index (χ2v) is 3.02. The first-order valence-corrected chi connectivity index (χ1v) is 4.32. The van der Waals surface area contributed by atoms with E-state index in [1.165, 1.54) is 11.3 Å². The maximum atomic E-state index is 5.49. The molecule has 62 valence electrons. The van der Waals surface area contributed by atoms with E-state index in [4.69, 9.17) is 5.73 Å². The van der Waals surface area contributed by atoms with Gasteiger partial charge in [-0.3, -0.25) is 0 Å². The molecule has 0 saturated carbocycles. The Labute approximate surface area is 75.8 Å². The van der Waals surface area contributed by atoms with Crippen molar-refractivity contribution in [3.63, 3.8) is 0 Å². The second-order valence-electron chi connectivity index (χ2n) is 2.13. The first kappa shape index (κ1) is 8.74. The predicted molar refractivity (Wildman–Crippen MR) is 54.9 cm³/mol. The van der Waals surface area contributed by atoms with Gasteiger partial charge in [-0.1, -0.05) is 31.4 Å². The van der Waals surface area contributed by atoms with Crippen LogP contribution in [0, 0.1) is 0 Å². The number of rotatable bonds is 3. The van der Waals surface area contributed by atoms with Crippen molar-refractivity contribution < 1.29 is 0 Å². The number of nitrogen functional groups attached to an aromatic ring is 1. The Morgan fingerprint density at radius 3 is 2.75 bits per heavy atom. The standard InChI is InChI=1S/C9H10N2S/c1-3-5-7(4-2)8-6-12-9(10)11-8/h3-6H,1-2H2,(H2,10,11)/b7-5+. The molecule has 1 aromatic rings. The lowest BCUT2D eigenvalue weighted by molar-refractivity contribution is 1.37. The van der Waals surface area contributed by atoms with Crippen molar-refractivity contribution in [1.29, 1.82) is 0 Å². The van der Waals surface area contributed by atoms with Crippen LogP contribution in [0.25, 0.3) is 5.57 Å². The van der Waals surface area contributed by atoms with E-state index in [1.807, 2.05) is 11.5 Å². The lowest BCUT2D eigenvalue weighted by Gasteiger charge is -1.92. The normalized spacial score (nSPS) is 11.2. The van der Waals surface area contributed by atoms with E-state index in [0.29, 0.717) is 5.13 Å². The van der Waals surface area contributed by atoms with Gasteiger partial charge in [-0.15, -0.1) is 11.3 Å². The van der Waals surface area contributed by atoms with Crippen molar-refractivity contribution in [3.05, 3.63) is 42.5 Å². The van der Waals surface area contributed by atoms with Gasteiger partial charge in [0.1, 0.15) is 0 Å². The molecule has 0 bridgehead atoms. The fourth-order valence-electron chi connectivity index (χ4n) is 0.805. The van der Waals surface area contributed by atoms with E-state index in [0.717, 1.165) is 11.3 Å². The Bertz CT molecular complexity index is 323. The van der Waals surface area contributed by atoms with E-state index in [9.17, 15) is 0 Å². The summed E-state index contributed by atoms with van der Waals surface area (Å²) < 4.78 is 0. The van der Waals surface area contributed by atoms with Crippen LogP contribution in [0.3, 0.4) is 0 Å². The third kappa shape index (κ3) is 1.83. The first-order valence-electron chi connectivity index (χ1n) is 3.44. The van der Waals surface area contributed by atoms with Crippen LogP contribution in [0.1, 0.15) is 5.69 Å². The fourth-order valence-corrected chi connectivity index (χ4v) is 1.38. The maximum Gasteiger partial charge on any atom is 0.180 e. The van der Waals surface area contributed by atoms with Gasteiger partial charge in [-0.2, -0.15) is 0 Å². The molecule has 1 aromatic heterocycles. The second kappa shape index (κ2) is 3.88. The van der Waals surface area contributed by atoms with Gasteiger partial charge in [0.15, 0.2) is 5.13 Å². The molecule has 2 N–H and O–H groups in total. The minimum atomic E-state index is 0.571. The molecule has 0 radical (unpaired) electrons. The molecule has 0 unspecified atom stereocenters. The third-order valence-electron chi connectivity index (χ3n) is 1.34. The average molecular weight is 178 g/mol. The van der Waals surface area contributed by atoms with Crippen LogP contribution in [0.4, 0.5) is 5.13 Å². The Kier molecular flexibility index (Phi) is 2.82. The van der Waals surface area contributed by atoms with E-state index in [-0.39, 0.29) is 0 Å². The van der Waals surface area contributed by atoms with E-state index < -0.39 is 0 Å². The zero-order valence-corrected chi connectivity index (χ0v) is 7.47. The topological polar surface area (TPSA) is 38.9 Å². The summed E-state index contributed by atoms with van der Waals surface area (Å²) >= 11 is 1.42. The maximum absolute atomic E-state index is 5.49. The largest absolute Gasteiger partial charge is 0.375 e. The van der Waals surface area contributed by atoms with Crippen LogP contribution in [0.2, 0.25) is 0 Å². The van der Waals surface area contributed by atoms with Gasteiger partial charge in [-0.05, 0) is 0 Å². The van der Waals surface area contributed by atoms with Gasteiger partial charge >= 0.3 is 0 Å². The Hall–Kier alpha value is -1.35. The van der Waals surface area contributed by atoms with Gasteiger partial charge in [-0.25, -0.2) is 4.98 Å². The van der Waals surface area contributed by atoms with Crippen LogP contribution >= 0.6 is 11.3 Å². The number of nitrogens with two attached hydrogens (primary N) is 1. The van der Waals surface area contributed by atoms with Crippen molar-refractivity contribution in [2.24, 2.45) is 0 Å².